The van der Waals surface area contributed by atoms with Crippen LogP contribution >= 0.6 is 22.6 Å². The number of furan rings is 1. The van der Waals surface area contributed by atoms with Crippen LogP contribution in [-0.4, -0.2) is 48.4 Å². The lowest BCUT2D eigenvalue weighted by Crippen LogP contribution is -2.48. The molecular formula is C17H20IN3O2. The third-order valence-electron chi connectivity index (χ3n) is 3.90. The predicted molar refractivity (Wildman–Crippen MR) is 98.2 cm³/mol. The van der Waals surface area contributed by atoms with Crippen LogP contribution in [0.3, 0.4) is 0 Å². The van der Waals surface area contributed by atoms with E-state index in [1.165, 1.54) is 0 Å². The molecule has 23 heavy (non-hydrogen) atoms. The fourth-order valence-corrected chi connectivity index (χ4v) is 3.24. The number of carbonyl (C=O) groups excluding carboxylic acids is 1. The van der Waals surface area contributed by atoms with E-state index >= 15 is 0 Å². The van der Waals surface area contributed by atoms with E-state index in [1.54, 1.807) is 6.26 Å². The van der Waals surface area contributed by atoms with Gasteiger partial charge in [0.2, 0.25) is 5.91 Å². The van der Waals surface area contributed by atoms with Gasteiger partial charge in [-0.3, -0.25) is 14.6 Å². The second kappa shape index (κ2) is 7.94. The van der Waals surface area contributed by atoms with E-state index < -0.39 is 0 Å². The Morgan fingerprint density at radius 2 is 1.91 bits per heavy atom. The van der Waals surface area contributed by atoms with Crippen LogP contribution in [0.2, 0.25) is 0 Å². The number of amides is 1. The van der Waals surface area contributed by atoms with Crippen molar-refractivity contribution in [1.29, 1.82) is 0 Å². The molecule has 1 aliphatic rings. The summed E-state index contributed by atoms with van der Waals surface area (Å²) in [5, 5.41) is 2.96. The zero-order valence-electron chi connectivity index (χ0n) is 12.9. The smallest absolute Gasteiger partial charge is 0.238 e. The maximum Gasteiger partial charge on any atom is 0.238 e. The minimum absolute atomic E-state index is 0.0477. The Morgan fingerprint density at radius 3 is 2.61 bits per heavy atom. The van der Waals surface area contributed by atoms with E-state index in [4.69, 9.17) is 4.42 Å². The Morgan fingerprint density at radius 1 is 1.13 bits per heavy atom. The highest BCUT2D eigenvalue weighted by Crippen LogP contribution is 2.13. The number of hydrogen-bond acceptors (Lipinski definition) is 4. The fraction of sp³-hybridized carbons (Fsp3) is 0.353. The zero-order chi connectivity index (χ0) is 16.1. The van der Waals surface area contributed by atoms with E-state index in [-0.39, 0.29) is 5.91 Å². The normalized spacial score (nSPS) is 16.4. The lowest BCUT2D eigenvalue weighted by Gasteiger charge is -2.33. The van der Waals surface area contributed by atoms with Crippen molar-refractivity contribution in [2.45, 2.75) is 6.54 Å². The Hall–Kier alpha value is -1.38. The fourth-order valence-electron chi connectivity index (χ4n) is 2.70. The average Bonchev–Trinajstić information content (AvgIpc) is 3.02. The van der Waals surface area contributed by atoms with Crippen molar-refractivity contribution < 1.29 is 9.21 Å². The first-order valence-electron chi connectivity index (χ1n) is 7.71. The van der Waals surface area contributed by atoms with Gasteiger partial charge in [-0.15, -0.1) is 0 Å². The van der Waals surface area contributed by atoms with Crippen LogP contribution in [-0.2, 0) is 11.3 Å². The molecule has 1 fully saturated rings. The summed E-state index contributed by atoms with van der Waals surface area (Å²) in [4.78, 5) is 16.7. The van der Waals surface area contributed by atoms with Gasteiger partial charge < -0.3 is 9.73 Å². The molecule has 1 aromatic heterocycles. The van der Waals surface area contributed by atoms with Crippen LogP contribution < -0.4 is 5.32 Å². The molecule has 1 aliphatic heterocycles. The van der Waals surface area contributed by atoms with Gasteiger partial charge in [0.25, 0.3) is 0 Å². The van der Waals surface area contributed by atoms with Crippen molar-refractivity contribution in [3.8, 4) is 0 Å². The topological polar surface area (TPSA) is 48.7 Å². The second-order valence-electron chi connectivity index (χ2n) is 5.69. The van der Waals surface area contributed by atoms with Crippen LogP contribution in [0.25, 0.3) is 0 Å². The van der Waals surface area contributed by atoms with Crippen molar-refractivity contribution in [3.05, 3.63) is 52.0 Å². The van der Waals surface area contributed by atoms with Gasteiger partial charge in [-0.25, -0.2) is 0 Å². The number of rotatable bonds is 5. The molecule has 5 nitrogen and oxygen atoms in total. The zero-order valence-corrected chi connectivity index (χ0v) is 15.0. The van der Waals surface area contributed by atoms with Crippen LogP contribution in [0.1, 0.15) is 5.76 Å². The van der Waals surface area contributed by atoms with Crippen LogP contribution in [0.15, 0.2) is 47.1 Å². The number of nitrogens with zero attached hydrogens (tertiary/aromatic N) is 2. The average molecular weight is 425 g/mol. The van der Waals surface area contributed by atoms with Crippen LogP contribution in [0, 0.1) is 3.57 Å². The first kappa shape index (κ1) is 16.5. The van der Waals surface area contributed by atoms with E-state index in [9.17, 15) is 4.79 Å². The standard InChI is InChI=1S/C17H20IN3O2/c18-14-3-1-4-15(11-14)19-17(22)13-21-8-6-20(7-9-21)12-16-5-2-10-23-16/h1-5,10-11H,6-9,12-13H2,(H,19,22). The molecule has 0 unspecified atom stereocenters. The monoisotopic (exact) mass is 425 g/mol. The summed E-state index contributed by atoms with van der Waals surface area (Å²) in [6.45, 7) is 5.00. The highest BCUT2D eigenvalue weighted by atomic mass is 127. The summed E-state index contributed by atoms with van der Waals surface area (Å²) in [5.74, 6) is 1.04. The van der Waals surface area contributed by atoms with Crippen molar-refractivity contribution in [2.75, 3.05) is 38.0 Å². The lowest BCUT2D eigenvalue weighted by atomic mass is 10.3. The van der Waals surface area contributed by atoms with Crippen LogP contribution in [0.4, 0.5) is 5.69 Å². The summed E-state index contributed by atoms with van der Waals surface area (Å²) in [7, 11) is 0. The van der Waals surface area contributed by atoms with Gasteiger partial charge in [-0.1, -0.05) is 6.07 Å². The molecule has 1 aromatic carbocycles. The Labute approximate surface area is 149 Å². The van der Waals surface area contributed by atoms with Gasteiger partial charge in [0.1, 0.15) is 5.76 Å². The Kier molecular flexibility index (Phi) is 5.69. The maximum absolute atomic E-state index is 12.1. The number of carbonyl (C=O) groups is 1. The number of piperazine rings is 1. The van der Waals surface area contributed by atoms with Gasteiger partial charge in [0, 0.05) is 35.4 Å². The molecule has 6 heteroatoms. The molecule has 1 saturated heterocycles. The van der Waals surface area contributed by atoms with E-state index in [0.29, 0.717) is 6.54 Å². The molecule has 0 spiro atoms. The van der Waals surface area contributed by atoms with E-state index in [0.717, 1.165) is 47.7 Å². The molecule has 2 heterocycles. The van der Waals surface area contributed by atoms with E-state index in [2.05, 4.69) is 37.7 Å². The molecule has 2 aromatic rings. The second-order valence-corrected chi connectivity index (χ2v) is 6.94. The predicted octanol–water partition coefficient (Wildman–Crippen LogP) is 2.64. The summed E-state index contributed by atoms with van der Waals surface area (Å²) in [5.41, 5.74) is 0.860. The minimum Gasteiger partial charge on any atom is -0.468 e. The van der Waals surface area contributed by atoms with E-state index in [1.807, 2.05) is 36.4 Å². The van der Waals surface area contributed by atoms with Crippen molar-refractivity contribution in [3.63, 3.8) is 0 Å². The molecule has 1 amide bonds. The lowest BCUT2D eigenvalue weighted by molar-refractivity contribution is -0.117. The number of hydrogen-bond donors (Lipinski definition) is 1. The van der Waals surface area contributed by atoms with Gasteiger partial charge >= 0.3 is 0 Å². The Bertz CT molecular complexity index is 637. The van der Waals surface area contributed by atoms with Gasteiger partial charge in [-0.05, 0) is 52.9 Å². The number of nitrogens with one attached hydrogen (secondary N) is 1. The molecule has 0 aliphatic carbocycles. The number of halogens is 1. The first-order chi connectivity index (χ1) is 11.2. The third-order valence-corrected chi connectivity index (χ3v) is 4.57. The molecule has 0 bridgehead atoms. The SMILES string of the molecule is O=C(CN1CCN(Cc2ccco2)CC1)Nc1cccc(I)c1. The van der Waals surface area contributed by atoms with Gasteiger partial charge in [-0.2, -0.15) is 0 Å². The molecule has 0 atom stereocenters. The molecular weight excluding hydrogens is 405 g/mol. The van der Waals surface area contributed by atoms with Crippen molar-refractivity contribution in [2.24, 2.45) is 0 Å². The number of benzene rings is 1. The summed E-state index contributed by atoms with van der Waals surface area (Å²) >= 11 is 2.24. The minimum atomic E-state index is 0.0477. The largest absolute Gasteiger partial charge is 0.468 e. The third kappa shape index (κ3) is 5.05. The van der Waals surface area contributed by atoms with Crippen LogP contribution in [0.5, 0.6) is 0 Å². The summed E-state index contributed by atoms with van der Waals surface area (Å²) in [6, 6.07) is 11.8. The highest BCUT2D eigenvalue weighted by molar-refractivity contribution is 14.1. The quantitative estimate of drug-likeness (QED) is 0.749. The van der Waals surface area contributed by atoms with Crippen molar-refractivity contribution >= 4 is 34.2 Å². The molecule has 0 radical (unpaired) electrons. The first-order valence-corrected chi connectivity index (χ1v) is 8.79. The Balaban J connectivity index is 1.42. The van der Waals surface area contributed by atoms with Gasteiger partial charge in [0.05, 0.1) is 19.4 Å². The number of anilines is 1. The highest BCUT2D eigenvalue weighted by Gasteiger charge is 2.19. The molecule has 0 saturated carbocycles. The molecule has 3 rings (SSSR count). The summed E-state index contributed by atoms with van der Waals surface area (Å²) < 4.78 is 6.50. The summed E-state index contributed by atoms with van der Waals surface area (Å²) in [6.07, 6.45) is 1.71. The molecule has 1 N–H and O–H groups in total. The van der Waals surface area contributed by atoms with Crippen molar-refractivity contribution in [1.82, 2.24) is 9.80 Å². The molecule has 122 valence electrons. The van der Waals surface area contributed by atoms with Gasteiger partial charge in [0.15, 0.2) is 0 Å². The maximum atomic E-state index is 12.1.